The average Bonchev–Trinajstić information content (AvgIpc) is 2.03. The van der Waals surface area contributed by atoms with Crippen molar-refractivity contribution >= 4 is 0 Å². The number of halogens is 1. The summed E-state index contributed by atoms with van der Waals surface area (Å²) in [4.78, 5) is 0. The first-order chi connectivity index (χ1) is 6.25. The summed E-state index contributed by atoms with van der Waals surface area (Å²) in [5.41, 5.74) is 0.431. The molecule has 1 saturated carbocycles. The molecule has 0 aromatic rings. The van der Waals surface area contributed by atoms with Crippen molar-refractivity contribution in [1.82, 2.24) is 0 Å². The summed E-state index contributed by atoms with van der Waals surface area (Å²) in [5.74, 6) is 1.88. The van der Waals surface area contributed by atoms with Crippen molar-refractivity contribution in [1.29, 1.82) is 0 Å². The number of quaternary nitrogens is 1. The lowest BCUT2D eigenvalue weighted by molar-refractivity contribution is -0.924. The fourth-order valence-corrected chi connectivity index (χ4v) is 2.51. The maximum Gasteiger partial charge on any atom is 0.0957 e. The zero-order chi connectivity index (χ0) is 11.0. The molecule has 0 N–H and O–H groups in total. The van der Waals surface area contributed by atoms with Gasteiger partial charge >= 0.3 is 0 Å². The molecule has 0 spiro atoms. The third kappa shape index (κ3) is 3.58. The molecule has 1 aliphatic rings. The Labute approximate surface area is 113 Å². The van der Waals surface area contributed by atoms with Gasteiger partial charge in [-0.05, 0) is 32.6 Å². The van der Waals surface area contributed by atoms with Gasteiger partial charge in [0.05, 0.1) is 26.7 Å². The van der Waals surface area contributed by atoms with Crippen LogP contribution in [0.5, 0.6) is 0 Å². The van der Waals surface area contributed by atoms with Crippen molar-refractivity contribution in [2.24, 2.45) is 11.8 Å². The van der Waals surface area contributed by atoms with Crippen LogP contribution in [0.1, 0.15) is 46.5 Å². The second-order valence-electron chi connectivity index (χ2n) is 6.62. The van der Waals surface area contributed by atoms with Crippen molar-refractivity contribution in [2.75, 3.05) is 21.1 Å². The second kappa shape index (κ2) is 5.35. The largest absolute Gasteiger partial charge is 1.00 e. The van der Waals surface area contributed by atoms with Gasteiger partial charge in [0.25, 0.3) is 0 Å². The molecule has 1 rings (SSSR count). The van der Waals surface area contributed by atoms with Gasteiger partial charge < -0.3 is 28.5 Å². The SMILES string of the molecule is CC1CCC(C(C)(C)[N+](C)(C)C)CC1.[I-]. The van der Waals surface area contributed by atoms with E-state index in [4.69, 9.17) is 0 Å². The lowest BCUT2D eigenvalue weighted by atomic mass is 9.72. The van der Waals surface area contributed by atoms with Crippen LogP contribution < -0.4 is 24.0 Å². The molecule has 1 aliphatic carbocycles. The van der Waals surface area contributed by atoms with Crippen molar-refractivity contribution < 1.29 is 28.5 Å². The van der Waals surface area contributed by atoms with Gasteiger partial charge in [-0.3, -0.25) is 0 Å². The predicted octanol–water partition coefficient (Wildman–Crippen LogP) is 0.302. The third-order valence-electron chi connectivity index (χ3n) is 4.74. The minimum Gasteiger partial charge on any atom is -1.00 e. The smallest absolute Gasteiger partial charge is 0.0957 e. The van der Waals surface area contributed by atoms with Crippen molar-refractivity contribution in [3.63, 3.8) is 0 Å². The first kappa shape index (κ1) is 15.7. The van der Waals surface area contributed by atoms with Crippen LogP contribution in [0.3, 0.4) is 0 Å². The lowest BCUT2D eigenvalue weighted by Crippen LogP contribution is -3.00. The Morgan fingerprint density at radius 2 is 1.33 bits per heavy atom. The Balaban J connectivity index is 0.00000196. The molecule has 0 aromatic carbocycles. The van der Waals surface area contributed by atoms with Gasteiger partial charge in [0.2, 0.25) is 0 Å². The summed E-state index contributed by atoms with van der Waals surface area (Å²) in [6, 6.07) is 0. The molecule has 0 saturated heterocycles. The summed E-state index contributed by atoms with van der Waals surface area (Å²) in [6.07, 6.45) is 5.75. The molecule has 0 aliphatic heterocycles. The molecule has 1 fully saturated rings. The van der Waals surface area contributed by atoms with Crippen LogP contribution in [-0.4, -0.2) is 31.2 Å². The van der Waals surface area contributed by atoms with E-state index in [0.29, 0.717) is 5.54 Å². The molecular weight excluding hydrogens is 297 g/mol. The van der Waals surface area contributed by atoms with Crippen LogP contribution in [0, 0.1) is 11.8 Å². The summed E-state index contributed by atoms with van der Waals surface area (Å²) in [6.45, 7) is 7.27. The highest BCUT2D eigenvalue weighted by molar-refractivity contribution is 4.83. The molecule has 0 atom stereocenters. The maximum absolute atomic E-state index is 2.44. The third-order valence-corrected chi connectivity index (χ3v) is 4.74. The molecule has 0 radical (unpaired) electrons. The Hall–Kier alpha value is 0.690. The zero-order valence-corrected chi connectivity index (χ0v) is 13.5. The van der Waals surface area contributed by atoms with Gasteiger partial charge in [-0.25, -0.2) is 0 Å². The van der Waals surface area contributed by atoms with E-state index in [1.807, 2.05) is 0 Å². The topological polar surface area (TPSA) is 0 Å². The predicted molar refractivity (Wildman–Crippen MR) is 63.2 cm³/mol. The van der Waals surface area contributed by atoms with Gasteiger partial charge in [-0.2, -0.15) is 0 Å². The van der Waals surface area contributed by atoms with Crippen LogP contribution in [0.25, 0.3) is 0 Å². The summed E-state index contributed by atoms with van der Waals surface area (Å²) in [5, 5.41) is 0. The Bertz CT molecular complexity index is 185. The number of hydrogen-bond donors (Lipinski definition) is 0. The highest BCUT2D eigenvalue weighted by atomic mass is 127. The van der Waals surface area contributed by atoms with Gasteiger partial charge in [0.15, 0.2) is 0 Å². The van der Waals surface area contributed by atoms with E-state index in [1.54, 1.807) is 0 Å². The Morgan fingerprint density at radius 1 is 0.933 bits per heavy atom. The first-order valence-electron chi connectivity index (χ1n) is 6.06. The maximum atomic E-state index is 2.44. The fraction of sp³-hybridized carbons (Fsp3) is 1.00. The molecule has 15 heavy (non-hydrogen) atoms. The second-order valence-corrected chi connectivity index (χ2v) is 6.62. The quantitative estimate of drug-likeness (QED) is 0.506. The normalized spacial score (nSPS) is 28.4. The van der Waals surface area contributed by atoms with Crippen LogP contribution in [0.4, 0.5) is 0 Å². The summed E-state index contributed by atoms with van der Waals surface area (Å²) >= 11 is 0. The van der Waals surface area contributed by atoms with Crippen LogP contribution in [0.15, 0.2) is 0 Å². The highest BCUT2D eigenvalue weighted by Gasteiger charge is 2.41. The lowest BCUT2D eigenvalue weighted by Gasteiger charge is -2.48. The standard InChI is InChI=1S/C13H28N.HI/c1-11-7-9-12(10-8-11)13(2,3)14(4,5)6;/h11-12H,7-10H2,1-6H3;1H/q+1;/p-1. The molecule has 2 heteroatoms. The molecule has 1 nitrogen and oxygen atoms in total. The van der Waals surface area contributed by atoms with Gasteiger partial charge in [-0.1, -0.05) is 19.8 Å². The van der Waals surface area contributed by atoms with E-state index >= 15 is 0 Å². The minimum atomic E-state index is 0. The number of nitrogens with zero attached hydrogens (tertiary/aromatic N) is 1. The summed E-state index contributed by atoms with van der Waals surface area (Å²) < 4.78 is 1.09. The average molecular weight is 325 g/mol. The molecule has 0 unspecified atom stereocenters. The number of hydrogen-bond acceptors (Lipinski definition) is 0. The molecule has 0 bridgehead atoms. The van der Waals surface area contributed by atoms with E-state index in [2.05, 4.69) is 41.9 Å². The zero-order valence-electron chi connectivity index (χ0n) is 11.3. The van der Waals surface area contributed by atoms with Gasteiger partial charge in [-0.15, -0.1) is 0 Å². The van der Waals surface area contributed by atoms with Crippen LogP contribution in [-0.2, 0) is 0 Å². The Kier molecular flexibility index (Phi) is 5.59. The molecular formula is C13H28IN. The van der Waals surface area contributed by atoms with Crippen LogP contribution in [0.2, 0.25) is 0 Å². The monoisotopic (exact) mass is 325 g/mol. The van der Waals surface area contributed by atoms with Gasteiger partial charge in [0, 0.05) is 5.92 Å². The molecule has 92 valence electrons. The first-order valence-corrected chi connectivity index (χ1v) is 6.06. The van der Waals surface area contributed by atoms with E-state index in [-0.39, 0.29) is 24.0 Å². The van der Waals surface area contributed by atoms with E-state index in [1.165, 1.54) is 25.7 Å². The van der Waals surface area contributed by atoms with Crippen molar-refractivity contribution in [3.8, 4) is 0 Å². The minimum absolute atomic E-state index is 0. The fourth-order valence-electron chi connectivity index (χ4n) is 2.51. The highest BCUT2D eigenvalue weighted by Crippen LogP contribution is 2.39. The summed E-state index contributed by atoms with van der Waals surface area (Å²) in [7, 11) is 6.99. The molecule has 0 amide bonds. The molecule has 0 heterocycles. The molecule has 0 aromatic heterocycles. The number of rotatable bonds is 2. The van der Waals surface area contributed by atoms with E-state index in [9.17, 15) is 0 Å². The van der Waals surface area contributed by atoms with E-state index in [0.717, 1.165) is 16.3 Å². The van der Waals surface area contributed by atoms with Crippen molar-refractivity contribution in [3.05, 3.63) is 0 Å². The van der Waals surface area contributed by atoms with Crippen molar-refractivity contribution in [2.45, 2.75) is 52.0 Å². The van der Waals surface area contributed by atoms with E-state index < -0.39 is 0 Å². The van der Waals surface area contributed by atoms with Gasteiger partial charge in [0.1, 0.15) is 0 Å². The van der Waals surface area contributed by atoms with Crippen LogP contribution >= 0.6 is 0 Å². The Morgan fingerprint density at radius 3 is 1.67 bits per heavy atom.